The Bertz CT molecular complexity index is 480. The molecule has 2 rings (SSSR count). The Morgan fingerprint density at radius 3 is 3.00 bits per heavy atom. The second-order valence-electron chi connectivity index (χ2n) is 4.77. The lowest BCUT2D eigenvalue weighted by molar-refractivity contribution is -0.133. The summed E-state index contributed by atoms with van der Waals surface area (Å²) in [7, 11) is 0. The molecular formula is C14H18F2N2O2. The number of nitrogens with zero attached hydrogens (tertiary/aromatic N) is 1. The highest BCUT2D eigenvalue weighted by Gasteiger charge is 2.21. The van der Waals surface area contributed by atoms with E-state index in [0.29, 0.717) is 13.1 Å². The number of rotatable bonds is 5. The standard InChI is InChI=1S/C14H18F2N2O2/c15-13(16)9-20-7-5-14(19)18-6-4-11-10(8-18)2-1-3-12(11)17/h1-3,13H,4-9,17H2. The molecule has 0 radical (unpaired) electrons. The third-order valence-corrected chi connectivity index (χ3v) is 3.36. The van der Waals surface area contributed by atoms with Crippen LogP contribution in [0.3, 0.4) is 0 Å². The minimum Gasteiger partial charge on any atom is -0.398 e. The highest BCUT2D eigenvalue weighted by atomic mass is 19.3. The molecule has 0 fully saturated rings. The predicted molar refractivity (Wildman–Crippen MR) is 71.4 cm³/mol. The molecule has 0 aromatic heterocycles. The van der Waals surface area contributed by atoms with Gasteiger partial charge in [0.2, 0.25) is 5.91 Å². The number of carbonyl (C=O) groups is 1. The number of halogens is 2. The van der Waals surface area contributed by atoms with E-state index in [1.54, 1.807) is 4.90 Å². The molecule has 20 heavy (non-hydrogen) atoms. The van der Waals surface area contributed by atoms with Crippen LogP contribution >= 0.6 is 0 Å². The smallest absolute Gasteiger partial charge is 0.261 e. The number of carbonyl (C=O) groups excluding carboxylic acids is 1. The summed E-state index contributed by atoms with van der Waals surface area (Å²) in [6.07, 6.45) is -1.63. The summed E-state index contributed by atoms with van der Waals surface area (Å²) in [6, 6.07) is 5.68. The van der Waals surface area contributed by atoms with Crippen LogP contribution in [0.15, 0.2) is 18.2 Å². The highest BCUT2D eigenvalue weighted by Crippen LogP contribution is 2.24. The van der Waals surface area contributed by atoms with Crippen LogP contribution in [0.1, 0.15) is 17.5 Å². The lowest BCUT2D eigenvalue weighted by Crippen LogP contribution is -2.36. The van der Waals surface area contributed by atoms with Crippen molar-refractivity contribution in [2.45, 2.75) is 25.8 Å². The number of hydrogen-bond acceptors (Lipinski definition) is 3. The topological polar surface area (TPSA) is 55.6 Å². The molecule has 110 valence electrons. The first kappa shape index (κ1) is 14.7. The Labute approximate surface area is 116 Å². The second kappa shape index (κ2) is 6.65. The van der Waals surface area contributed by atoms with E-state index in [0.717, 1.165) is 23.2 Å². The number of benzene rings is 1. The van der Waals surface area contributed by atoms with E-state index in [1.165, 1.54) is 0 Å². The molecule has 6 heteroatoms. The predicted octanol–water partition coefficient (Wildman–Crippen LogP) is 1.83. The van der Waals surface area contributed by atoms with Crippen LogP contribution in [0.25, 0.3) is 0 Å². The molecule has 4 nitrogen and oxygen atoms in total. The van der Waals surface area contributed by atoms with Gasteiger partial charge in [0.05, 0.1) is 13.0 Å². The zero-order chi connectivity index (χ0) is 14.5. The average molecular weight is 284 g/mol. The van der Waals surface area contributed by atoms with Gasteiger partial charge in [-0.25, -0.2) is 8.78 Å². The fourth-order valence-corrected chi connectivity index (χ4v) is 2.34. The monoisotopic (exact) mass is 284 g/mol. The first-order valence-electron chi connectivity index (χ1n) is 6.58. The van der Waals surface area contributed by atoms with Crippen LogP contribution < -0.4 is 5.73 Å². The number of alkyl halides is 2. The van der Waals surface area contributed by atoms with Gasteiger partial charge in [-0.05, 0) is 23.6 Å². The largest absolute Gasteiger partial charge is 0.398 e. The Morgan fingerprint density at radius 2 is 2.25 bits per heavy atom. The van der Waals surface area contributed by atoms with Gasteiger partial charge in [0.15, 0.2) is 0 Å². The van der Waals surface area contributed by atoms with Gasteiger partial charge in [0.25, 0.3) is 6.43 Å². The van der Waals surface area contributed by atoms with Crippen molar-refractivity contribution in [2.24, 2.45) is 0 Å². The SMILES string of the molecule is Nc1cccc2c1CCN(C(=O)CCOCC(F)F)C2. The van der Waals surface area contributed by atoms with Crippen molar-refractivity contribution in [2.75, 3.05) is 25.5 Å². The molecule has 1 heterocycles. The summed E-state index contributed by atoms with van der Waals surface area (Å²) in [4.78, 5) is 13.7. The second-order valence-corrected chi connectivity index (χ2v) is 4.77. The van der Waals surface area contributed by atoms with E-state index in [4.69, 9.17) is 10.5 Å². The molecule has 0 saturated heterocycles. The Hall–Kier alpha value is -1.69. The fraction of sp³-hybridized carbons (Fsp3) is 0.500. The van der Waals surface area contributed by atoms with Gasteiger partial charge in [-0.2, -0.15) is 0 Å². The van der Waals surface area contributed by atoms with Crippen molar-refractivity contribution in [3.8, 4) is 0 Å². The zero-order valence-electron chi connectivity index (χ0n) is 11.1. The molecule has 1 aliphatic rings. The van der Waals surface area contributed by atoms with E-state index >= 15 is 0 Å². The first-order chi connectivity index (χ1) is 9.58. The van der Waals surface area contributed by atoms with Crippen LogP contribution in [0.2, 0.25) is 0 Å². The summed E-state index contributed by atoms with van der Waals surface area (Å²) < 4.78 is 28.5. The Kier molecular flexibility index (Phi) is 4.89. The summed E-state index contributed by atoms with van der Waals surface area (Å²) >= 11 is 0. The van der Waals surface area contributed by atoms with Gasteiger partial charge in [-0.15, -0.1) is 0 Å². The van der Waals surface area contributed by atoms with Gasteiger partial charge in [0, 0.05) is 18.8 Å². The molecule has 0 spiro atoms. The minimum atomic E-state index is -2.49. The molecule has 0 atom stereocenters. The molecule has 0 unspecified atom stereocenters. The number of nitrogens with two attached hydrogens (primary N) is 1. The van der Waals surface area contributed by atoms with E-state index in [2.05, 4.69) is 0 Å². The summed E-state index contributed by atoms with van der Waals surface area (Å²) in [5.41, 5.74) is 8.81. The van der Waals surface area contributed by atoms with Gasteiger partial charge in [0.1, 0.15) is 6.61 Å². The van der Waals surface area contributed by atoms with Crippen LogP contribution in [0.4, 0.5) is 14.5 Å². The van der Waals surface area contributed by atoms with E-state index in [9.17, 15) is 13.6 Å². The minimum absolute atomic E-state index is 0.0312. The van der Waals surface area contributed by atoms with Gasteiger partial charge in [-0.1, -0.05) is 12.1 Å². The Balaban J connectivity index is 1.84. The quantitative estimate of drug-likeness (QED) is 0.663. The summed E-state index contributed by atoms with van der Waals surface area (Å²) in [5.74, 6) is -0.0765. The molecule has 2 N–H and O–H groups in total. The number of amides is 1. The van der Waals surface area contributed by atoms with Crippen molar-refractivity contribution in [1.29, 1.82) is 0 Å². The summed E-state index contributed by atoms with van der Waals surface area (Å²) in [6.45, 7) is 0.541. The maximum Gasteiger partial charge on any atom is 0.261 e. The number of fused-ring (bicyclic) bond motifs is 1. The number of hydrogen-bond donors (Lipinski definition) is 1. The number of ether oxygens (including phenoxy) is 1. The van der Waals surface area contributed by atoms with E-state index in [1.807, 2.05) is 18.2 Å². The molecule has 0 aliphatic carbocycles. The maximum absolute atomic E-state index is 12.0. The van der Waals surface area contributed by atoms with Crippen molar-refractivity contribution in [1.82, 2.24) is 4.90 Å². The van der Waals surface area contributed by atoms with E-state index < -0.39 is 13.0 Å². The van der Waals surface area contributed by atoms with Crippen molar-refractivity contribution < 1.29 is 18.3 Å². The van der Waals surface area contributed by atoms with Gasteiger partial charge < -0.3 is 15.4 Å². The fourth-order valence-electron chi connectivity index (χ4n) is 2.34. The molecule has 1 aromatic rings. The number of anilines is 1. The lowest BCUT2D eigenvalue weighted by Gasteiger charge is -2.29. The van der Waals surface area contributed by atoms with Gasteiger partial charge >= 0.3 is 0 Å². The summed E-state index contributed by atoms with van der Waals surface area (Å²) in [5, 5.41) is 0. The van der Waals surface area contributed by atoms with Crippen LogP contribution in [-0.4, -0.2) is 37.0 Å². The van der Waals surface area contributed by atoms with E-state index in [-0.39, 0.29) is 18.9 Å². The average Bonchev–Trinajstić information content (AvgIpc) is 2.43. The van der Waals surface area contributed by atoms with Crippen LogP contribution in [0, 0.1) is 0 Å². The molecule has 1 aromatic carbocycles. The maximum atomic E-state index is 12.0. The Morgan fingerprint density at radius 1 is 1.45 bits per heavy atom. The van der Waals surface area contributed by atoms with Crippen LogP contribution in [0.5, 0.6) is 0 Å². The van der Waals surface area contributed by atoms with Crippen molar-refractivity contribution in [3.63, 3.8) is 0 Å². The molecule has 1 amide bonds. The normalized spacial score (nSPS) is 14.4. The number of nitrogen functional groups attached to an aromatic ring is 1. The first-order valence-corrected chi connectivity index (χ1v) is 6.58. The van der Waals surface area contributed by atoms with Crippen molar-refractivity contribution >= 4 is 11.6 Å². The molecule has 0 saturated carbocycles. The van der Waals surface area contributed by atoms with Gasteiger partial charge in [-0.3, -0.25) is 4.79 Å². The molecule has 1 aliphatic heterocycles. The zero-order valence-corrected chi connectivity index (χ0v) is 11.1. The lowest BCUT2D eigenvalue weighted by atomic mass is 9.98. The molecule has 0 bridgehead atoms. The third kappa shape index (κ3) is 3.66. The van der Waals surface area contributed by atoms with Crippen molar-refractivity contribution in [3.05, 3.63) is 29.3 Å². The molecular weight excluding hydrogens is 266 g/mol. The third-order valence-electron chi connectivity index (χ3n) is 3.36. The van der Waals surface area contributed by atoms with Crippen LogP contribution in [-0.2, 0) is 22.5 Å². The highest BCUT2D eigenvalue weighted by molar-refractivity contribution is 5.76.